The van der Waals surface area contributed by atoms with E-state index < -0.39 is 16.9 Å². The summed E-state index contributed by atoms with van der Waals surface area (Å²) in [5.41, 5.74) is -0.324. The molecule has 0 bridgehead atoms. The summed E-state index contributed by atoms with van der Waals surface area (Å²) in [6.45, 7) is 2.11. The quantitative estimate of drug-likeness (QED) is 0.495. The lowest BCUT2D eigenvalue weighted by Crippen LogP contribution is -2.48. The summed E-state index contributed by atoms with van der Waals surface area (Å²) in [4.78, 5) is 30.7. The molecule has 1 aromatic carbocycles. The molecule has 7 nitrogen and oxygen atoms in total. The van der Waals surface area contributed by atoms with Gasteiger partial charge in [-0.25, -0.2) is 4.39 Å². The van der Waals surface area contributed by atoms with Crippen LogP contribution in [0.4, 0.5) is 15.8 Å². The number of anilines is 1. The number of nitro groups is 1. The van der Waals surface area contributed by atoms with E-state index in [1.807, 2.05) is 11.9 Å². The Balaban J connectivity index is 0.00000300. The summed E-state index contributed by atoms with van der Waals surface area (Å²) in [5, 5.41) is 11.9. The van der Waals surface area contributed by atoms with Gasteiger partial charge in [-0.2, -0.15) is 0 Å². The van der Waals surface area contributed by atoms with E-state index in [-0.39, 0.29) is 29.7 Å². The van der Waals surface area contributed by atoms with Crippen molar-refractivity contribution < 1.29 is 14.1 Å². The van der Waals surface area contributed by atoms with Crippen molar-refractivity contribution in [1.82, 2.24) is 4.90 Å². The first-order chi connectivity index (χ1) is 13.4. The molecular weight excluding hydrogens is 419 g/mol. The summed E-state index contributed by atoms with van der Waals surface area (Å²) in [7, 11) is 1.83. The number of aliphatic imine (C=N–C) groups is 1. The molecule has 1 amide bonds. The average Bonchev–Trinajstić information content (AvgIpc) is 3.02. The third-order valence-electron chi connectivity index (χ3n) is 5.36. The van der Waals surface area contributed by atoms with Crippen LogP contribution in [-0.4, -0.2) is 46.4 Å². The molecule has 1 saturated carbocycles. The summed E-state index contributed by atoms with van der Waals surface area (Å²) >= 11 is 1.53. The molecule has 160 valence electrons. The summed E-state index contributed by atoms with van der Waals surface area (Å²) in [6.07, 6.45) is 5.77. The third-order valence-corrected chi connectivity index (χ3v) is 6.50. The van der Waals surface area contributed by atoms with Gasteiger partial charge in [0.1, 0.15) is 12.0 Å². The number of nitrogens with zero attached hydrogens (tertiary/aromatic N) is 4. The predicted octanol–water partition coefficient (Wildman–Crippen LogP) is 4.45. The van der Waals surface area contributed by atoms with Crippen molar-refractivity contribution in [2.45, 2.75) is 45.2 Å². The first-order valence-electron chi connectivity index (χ1n) is 9.52. The van der Waals surface area contributed by atoms with Crippen LogP contribution >= 0.6 is 24.2 Å². The lowest BCUT2D eigenvalue weighted by Gasteiger charge is -2.32. The Morgan fingerprint density at radius 1 is 1.38 bits per heavy atom. The number of amidine groups is 1. The van der Waals surface area contributed by atoms with E-state index in [0.29, 0.717) is 11.7 Å². The first-order valence-corrected chi connectivity index (χ1v) is 10.5. The van der Waals surface area contributed by atoms with Gasteiger partial charge in [-0.05, 0) is 24.8 Å². The van der Waals surface area contributed by atoms with Crippen molar-refractivity contribution in [3.05, 3.63) is 34.1 Å². The van der Waals surface area contributed by atoms with E-state index in [9.17, 15) is 19.3 Å². The lowest BCUT2D eigenvalue weighted by molar-refractivity contribution is -0.384. The number of amides is 1. The van der Waals surface area contributed by atoms with Gasteiger partial charge in [-0.3, -0.25) is 24.8 Å². The number of non-ortho nitro benzene ring substituents is 1. The number of thioether (sulfide) groups is 1. The number of hydrogen-bond acceptors (Lipinski definition) is 5. The van der Waals surface area contributed by atoms with Crippen LogP contribution in [-0.2, 0) is 4.79 Å². The topological polar surface area (TPSA) is 79.0 Å². The highest BCUT2D eigenvalue weighted by molar-refractivity contribution is 8.14. The summed E-state index contributed by atoms with van der Waals surface area (Å²) < 4.78 is 14.4. The largest absolute Gasteiger partial charge is 0.333 e. The zero-order valence-electron chi connectivity index (χ0n) is 16.5. The molecule has 2 fully saturated rings. The number of halogens is 2. The number of rotatable bonds is 5. The minimum atomic E-state index is -0.660. The van der Waals surface area contributed by atoms with Crippen LogP contribution in [0, 0.1) is 21.8 Å². The maximum Gasteiger partial charge on any atom is 0.271 e. The minimum Gasteiger partial charge on any atom is -0.333 e. The smallest absolute Gasteiger partial charge is 0.271 e. The average molecular weight is 445 g/mol. The number of nitro benzene ring substituents is 1. The fourth-order valence-electron chi connectivity index (χ4n) is 3.81. The fraction of sp³-hybridized carbons (Fsp3) is 0.579. The van der Waals surface area contributed by atoms with Gasteiger partial charge < -0.3 is 4.90 Å². The van der Waals surface area contributed by atoms with E-state index in [4.69, 9.17) is 4.99 Å². The molecule has 0 N–H and O–H groups in total. The van der Waals surface area contributed by atoms with Gasteiger partial charge in [0.25, 0.3) is 5.69 Å². The fourth-order valence-corrected chi connectivity index (χ4v) is 4.97. The normalized spacial score (nSPS) is 21.1. The van der Waals surface area contributed by atoms with Gasteiger partial charge in [0, 0.05) is 38.4 Å². The van der Waals surface area contributed by atoms with Crippen LogP contribution < -0.4 is 4.90 Å². The third kappa shape index (κ3) is 5.39. The van der Waals surface area contributed by atoms with Gasteiger partial charge in [0.15, 0.2) is 5.17 Å². The standard InChI is InChI=1S/C19H25FN4O3S.ClH/c1-13(25)23(17-10-15(24(26)27)8-9-16(17)20)18-12-28-19(22(18)2)21-11-14-6-4-3-5-7-14;/h8-10,14,18H,3-7,11-12H2,1-2H3;1H. The van der Waals surface area contributed by atoms with Gasteiger partial charge in [-0.1, -0.05) is 31.0 Å². The van der Waals surface area contributed by atoms with E-state index >= 15 is 0 Å². The molecule has 0 spiro atoms. The highest BCUT2D eigenvalue weighted by Crippen LogP contribution is 2.33. The summed E-state index contributed by atoms with van der Waals surface area (Å²) in [6, 6.07) is 3.25. The van der Waals surface area contributed by atoms with Crippen molar-refractivity contribution in [3.8, 4) is 0 Å². The van der Waals surface area contributed by atoms with Crippen molar-refractivity contribution in [2.75, 3.05) is 24.2 Å². The molecule has 2 aliphatic rings. The Labute approximate surface area is 180 Å². The number of carbonyl (C=O) groups is 1. The maximum absolute atomic E-state index is 14.4. The Kier molecular flexibility index (Phi) is 8.27. The van der Waals surface area contributed by atoms with Gasteiger partial charge in [-0.15, -0.1) is 12.4 Å². The second-order valence-corrected chi connectivity index (χ2v) is 8.30. The van der Waals surface area contributed by atoms with Crippen LogP contribution in [0.15, 0.2) is 23.2 Å². The zero-order chi connectivity index (χ0) is 20.3. The molecule has 10 heteroatoms. The van der Waals surface area contributed by atoms with Gasteiger partial charge in [0.05, 0.1) is 10.6 Å². The predicted molar refractivity (Wildman–Crippen MR) is 116 cm³/mol. The molecule has 1 atom stereocenters. The van der Waals surface area contributed by atoms with Crippen molar-refractivity contribution >= 4 is 46.6 Å². The molecule has 1 aliphatic heterocycles. The molecule has 1 aromatic rings. The highest BCUT2D eigenvalue weighted by atomic mass is 35.5. The van der Waals surface area contributed by atoms with Crippen LogP contribution in [0.1, 0.15) is 39.0 Å². The van der Waals surface area contributed by atoms with Crippen LogP contribution in [0.25, 0.3) is 0 Å². The molecule has 3 rings (SSSR count). The van der Waals surface area contributed by atoms with Gasteiger partial charge >= 0.3 is 0 Å². The van der Waals surface area contributed by atoms with E-state index in [1.165, 1.54) is 55.7 Å². The Morgan fingerprint density at radius 3 is 2.69 bits per heavy atom. The molecule has 1 saturated heterocycles. The first kappa shape index (κ1) is 23.4. The van der Waals surface area contributed by atoms with Crippen molar-refractivity contribution in [3.63, 3.8) is 0 Å². The van der Waals surface area contributed by atoms with Crippen LogP contribution in [0.5, 0.6) is 0 Å². The minimum absolute atomic E-state index is 0. The number of carbonyl (C=O) groups excluding carboxylic acids is 1. The summed E-state index contributed by atoms with van der Waals surface area (Å²) in [5.74, 6) is 0.103. The Bertz CT molecular complexity index is 789. The zero-order valence-corrected chi connectivity index (χ0v) is 18.2. The lowest BCUT2D eigenvalue weighted by atomic mass is 9.89. The monoisotopic (exact) mass is 444 g/mol. The van der Waals surface area contributed by atoms with Crippen LogP contribution in [0.2, 0.25) is 0 Å². The van der Waals surface area contributed by atoms with E-state index in [2.05, 4.69) is 0 Å². The molecule has 29 heavy (non-hydrogen) atoms. The number of hydrogen-bond donors (Lipinski definition) is 0. The molecule has 0 radical (unpaired) electrons. The Hall–Kier alpha value is -1.87. The van der Waals surface area contributed by atoms with E-state index in [0.717, 1.165) is 29.9 Å². The molecular formula is C19H26ClFN4O3S. The highest BCUT2D eigenvalue weighted by Gasteiger charge is 2.36. The van der Waals surface area contributed by atoms with Crippen LogP contribution in [0.3, 0.4) is 0 Å². The van der Waals surface area contributed by atoms with Crippen molar-refractivity contribution in [1.29, 1.82) is 0 Å². The van der Waals surface area contributed by atoms with Gasteiger partial charge in [0.2, 0.25) is 5.91 Å². The maximum atomic E-state index is 14.4. The van der Waals surface area contributed by atoms with Crippen molar-refractivity contribution in [2.24, 2.45) is 10.9 Å². The molecule has 1 unspecified atom stereocenters. The molecule has 1 heterocycles. The second kappa shape index (κ2) is 10.2. The second-order valence-electron chi connectivity index (χ2n) is 7.31. The SMILES string of the molecule is CC(=O)N(c1cc([N+](=O)[O-])ccc1F)C1CSC(=NCC2CCCCC2)N1C.Cl. The number of benzene rings is 1. The van der Waals surface area contributed by atoms with E-state index in [1.54, 1.807) is 0 Å². The molecule has 0 aromatic heterocycles. The Morgan fingerprint density at radius 2 is 2.07 bits per heavy atom. The molecule has 1 aliphatic carbocycles.